The van der Waals surface area contributed by atoms with Crippen LogP contribution in [0.25, 0.3) is 10.2 Å². The lowest BCUT2D eigenvalue weighted by Gasteiger charge is -2.30. The molecule has 1 aliphatic heterocycles. The molecule has 31 heavy (non-hydrogen) atoms. The highest BCUT2D eigenvalue weighted by atomic mass is 32.2. The average Bonchev–Trinajstić information content (AvgIpc) is 3.43. The molecule has 1 amide bonds. The molecular formula is C20H21N3O5S3. The number of carbonyl (C=O) groups is 2. The first-order valence-corrected chi connectivity index (χ1v) is 12.9. The minimum absolute atomic E-state index is 0.143. The van der Waals surface area contributed by atoms with Crippen LogP contribution in [0.5, 0.6) is 0 Å². The second kappa shape index (κ2) is 9.03. The molecule has 2 aromatic heterocycles. The van der Waals surface area contributed by atoms with E-state index in [2.05, 4.69) is 10.3 Å². The lowest BCUT2D eigenvalue weighted by molar-refractivity contribution is -0.120. The Bertz CT molecular complexity index is 1200. The summed E-state index contributed by atoms with van der Waals surface area (Å²) in [6.45, 7) is 2.59. The van der Waals surface area contributed by atoms with E-state index < -0.39 is 21.9 Å². The van der Waals surface area contributed by atoms with E-state index in [0.717, 1.165) is 4.70 Å². The molecule has 11 heteroatoms. The molecule has 4 rings (SSSR count). The first kappa shape index (κ1) is 21.9. The standard InChI is InChI=1S/C20H21N3O5S3/c1-2-28-19(25)13-7-8-15-16(11-13)30-20(21-15)22-18(24)14-5-3-9-23(12-14)31(26,27)17-6-4-10-29-17/h4,6-8,10-11,14H,2-3,5,9,12H2,1H3,(H,21,22,24)/t14-/m0/s1. The fourth-order valence-corrected chi connectivity index (χ4v) is 7.02. The summed E-state index contributed by atoms with van der Waals surface area (Å²) in [5.74, 6) is -1.11. The molecule has 0 bridgehead atoms. The zero-order valence-corrected chi connectivity index (χ0v) is 19.2. The molecule has 1 N–H and O–H groups in total. The van der Waals surface area contributed by atoms with Crippen LogP contribution in [0, 0.1) is 5.92 Å². The molecule has 1 atom stereocenters. The van der Waals surface area contributed by atoms with Crippen LogP contribution in [-0.4, -0.2) is 49.3 Å². The molecule has 1 saturated heterocycles. The second-order valence-corrected chi connectivity index (χ2v) is 11.2. The van der Waals surface area contributed by atoms with Gasteiger partial charge in [-0.05, 0) is 49.4 Å². The number of aromatic nitrogens is 1. The monoisotopic (exact) mass is 479 g/mol. The third-order valence-corrected chi connectivity index (χ3v) is 9.15. The molecule has 1 aromatic carbocycles. The minimum atomic E-state index is -3.58. The number of hydrogen-bond donors (Lipinski definition) is 1. The van der Waals surface area contributed by atoms with Gasteiger partial charge in [-0.25, -0.2) is 18.2 Å². The number of carbonyl (C=O) groups excluding carboxylic acids is 2. The summed E-state index contributed by atoms with van der Waals surface area (Å²) in [4.78, 5) is 29.1. The summed E-state index contributed by atoms with van der Waals surface area (Å²) in [6.07, 6.45) is 1.23. The van der Waals surface area contributed by atoms with E-state index in [9.17, 15) is 18.0 Å². The maximum absolute atomic E-state index is 12.8. The van der Waals surface area contributed by atoms with Crippen molar-refractivity contribution in [3.05, 3.63) is 41.3 Å². The quantitative estimate of drug-likeness (QED) is 0.542. The van der Waals surface area contributed by atoms with Crippen molar-refractivity contribution in [1.29, 1.82) is 0 Å². The number of benzene rings is 1. The number of amides is 1. The van der Waals surface area contributed by atoms with Crippen molar-refractivity contribution in [3.63, 3.8) is 0 Å². The topological polar surface area (TPSA) is 106 Å². The van der Waals surface area contributed by atoms with E-state index in [4.69, 9.17) is 4.74 Å². The van der Waals surface area contributed by atoms with Gasteiger partial charge in [0.25, 0.3) is 10.0 Å². The van der Waals surface area contributed by atoms with Crippen molar-refractivity contribution < 1.29 is 22.7 Å². The number of fused-ring (bicyclic) bond motifs is 1. The van der Waals surface area contributed by atoms with Crippen LogP contribution in [0.15, 0.2) is 39.9 Å². The number of esters is 1. The molecule has 0 saturated carbocycles. The van der Waals surface area contributed by atoms with Crippen LogP contribution in [0.1, 0.15) is 30.1 Å². The van der Waals surface area contributed by atoms with Crippen LogP contribution < -0.4 is 5.32 Å². The summed E-state index contributed by atoms with van der Waals surface area (Å²) in [6, 6.07) is 8.32. The molecule has 0 spiro atoms. The van der Waals surface area contributed by atoms with Crippen LogP contribution in [0.3, 0.4) is 0 Å². The minimum Gasteiger partial charge on any atom is -0.462 e. The highest BCUT2D eigenvalue weighted by Gasteiger charge is 2.34. The molecule has 1 fully saturated rings. The van der Waals surface area contributed by atoms with Gasteiger partial charge in [-0.2, -0.15) is 4.31 Å². The normalized spacial score (nSPS) is 17.5. The van der Waals surface area contributed by atoms with Crippen molar-refractivity contribution in [2.24, 2.45) is 5.92 Å². The maximum atomic E-state index is 12.8. The predicted molar refractivity (Wildman–Crippen MR) is 120 cm³/mol. The van der Waals surface area contributed by atoms with E-state index in [-0.39, 0.29) is 16.7 Å². The number of nitrogens with one attached hydrogen (secondary N) is 1. The largest absolute Gasteiger partial charge is 0.462 e. The number of thiazole rings is 1. The van der Waals surface area contributed by atoms with Gasteiger partial charge in [0.2, 0.25) is 5.91 Å². The van der Waals surface area contributed by atoms with Crippen molar-refractivity contribution in [3.8, 4) is 0 Å². The second-order valence-electron chi connectivity index (χ2n) is 7.05. The highest BCUT2D eigenvalue weighted by Crippen LogP contribution is 2.30. The summed E-state index contributed by atoms with van der Waals surface area (Å²) < 4.78 is 33.0. The van der Waals surface area contributed by atoms with Crippen molar-refractivity contribution >= 4 is 59.9 Å². The van der Waals surface area contributed by atoms with Gasteiger partial charge in [-0.3, -0.25) is 4.79 Å². The van der Waals surface area contributed by atoms with Gasteiger partial charge in [-0.1, -0.05) is 17.4 Å². The molecule has 3 aromatic rings. The fourth-order valence-electron chi connectivity index (χ4n) is 3.44. The van der Waals surface area contributed by atoms with Crippen LogP contribution in [0.2, 0.25) is 0 Å². The van der Waals surface area contributed by atoms with E-state index in [1.165, 1.54) is 27.0 Å². The fraction of sp³-hybridized carbons (Fsp3) is 0.350. The number of nitrogens with zero attached hydrogens (tertiary/aromatic N) is 2. The average molecular weight is 480 g/mol. The number of ether oxygens (including phenoxy) is 1. The zero-order chi connectivity index (χ0) is 22.0. The predicted octanol–water partition coefficient (Wildman–Crippen LogP) is 3.57. The third kappa shape index (κ3) is 4.64. The molecule has 1 aliphatic rings. The lowest BCUT2D eigenvalue weighted by atomic mass is 9.99. The SMILES string of the molecule is CCOC(=O)c1ccc2nc(NC(=O)[C@H]3CCCN(S(=O)(=O)c4cccs4)C3)sc2c1. The van der Waals surface area contributed by atoms with Gasteiger partial charge in [0.1, 0.15) is 4.21 Å². The Morgan fingerprint density at radius 3 is 2.90 bits per heavy atom. The summed E-state index contributed by atoms with van der Waals surface area (Å²) >= 11 is 2.44. The van der Waals surface area contributed by atoms with Gasteiger partial charge in [0.05, 0.1) is 28.3 Å². The first-order chi connectivity index (χ1) is 14.9. The first-order valence-electron chi connectivity index (χ1n) is 9.80. The maximum Gasteiger partial charge on any atom is 0.338 e. The van der Waals surface area contributed by atoms with E-state index in [1.807, 2.05) is 0 Å². The van der Waals surface area contributed by atoms with Gasteiger partial charge in [-0.15, -0.1) is 11.3 Å². The Morgan fingerprint density at radius 1 is 1.32 bits per heavy atom. The molecule has 8 nitrogen and oxygen atoms in total. The van der Waals surface area contributed by atoms with E-state index in [0.29, 0.717) is 42.2 Å². The number of rotatable bonds is 6. The van der Waals surface area contributed by atoms with Crippen LogP contribution >= 0.6 is 22.7 Å². The Balaban J connectivity index is 1.46. The molecule has 164 valence electrons. The van der Waals surface area contributed by atoms with Gasteiger partial charge in [0, 0.05) is 13.1 Å². The molecule has 0 radical (unpaired) electrons. The van der Waals surface area contributed by atoms with Gasteiger partial charge < -0.3 is 10.1 Å². The highest BCUT2D eigenvalue weighted by molar-refractivity contribution is 7.91. The van der Waals surface area contributed by atoms with Crippen LogP contribution in [0.4, 0.5) is 5.13 Å². The molecule has 0 unspecified atom stereocenters. The molecule has 0 aliphatic carbocycles. The lowest BCUT2D eigenvalue weighted by Crippen LogP contribution is -2.43. The number of piperidine rings is 1. The third-order valence-electron chi connectivity index (χ3n) is 4.97. The van der Waals surface area contributed by atoms with Crippen molar-refractivity contribution in [2.75, 3.05) is 25.0 Å². The van der Waals surface area contributed by atoms with Crippen molar-refractivity contribution in [2.45, 2.75) is 24.0 Å². The summed E-state index contributed by atoms with van der Waals surface area (Å²) in [5, 5.41) is 4.95. The Hall–Kier alpha value is -2.34. The van der Waals surface area contributed by atoms with E-state index >= 15 is 0 Å². The van der Waals surface area contributed by atoms with Gasteiger partial charge in [0.15, 0.2) is 5.13 Å². The Morgan fingerprint density at radius 2 is 2.16 bits per heavy atom. The van der Waals surface area contributed by atoms with Crippen LogP contribution in [-0.2, 0) is 19.6 Å². The van der Waals surface area contributed by atoms with Crippen molar-refractivity contribution in [1.82, 2.24) is 9.29 Å². The smallest absolute Gasteiger partial charge is 0.338 e. The number of hydrogen-bond acceptors (Lipinski definition) is 8. The number of anilines is 1. The Labute approximate surface area is 187 Å². The van der Waals surface area contributed by atoms with E-state index in [1.54, 1.807) is 42.6 Å². The Kier molecular flexibility index (Phi) is 6.37. The number of sulfonamides is 1. The zero-order valence-electron chi connectivity index (χ0n) is 16.7. The summed E-state index contributed by atoms with van der Waals surface area (Å²) in [7, 11) is -3.58. The number of thiophene rings is 1. The summed E-state index contributed by atoms with van der Waals surface area (Å²) in [5.41, 5.74) is 1.09. The molecule has 3 heterocycles. The van der Waals surface area contributed by atoms with Gasteiger partial charge >= 0.3 is 5.97 Å². The molecular weight excluding hydrogens is 458 g/mol.